The van der Waals surface area contributed by atoms with Crippen molar-refractivity contribution < 1.29 is 19.1 Å². The third kappa shape index (κ3) is 5.71. The van der Waals surface area contributed by atoms with Crippen LogP contribution >= 0.6 is 0 Å². The van der Waals surface area contributed by atoms with Crippen LogP contribution in [0.15, 0.2) is 54.1 Å². The number of carbonyl (C=O) groups is 2. The molecule has 0 spiro atoms. The van der Waals surface area contributed by atoms with Crippen molar-refractivity contribution in [1.29, 1.82) is 5.26 Å². The van der Waals surface area contributed by atoms with Crippen molar-refractivity contribution in [2.24, 2.45) is 0 Å². The minimum Gasteiger partial charge on any atom is -0.488 e. The molecule has 2 aromatic carbocycles. The second kappa shape index (κ2) is 9.93. The number of hydrogen-bond acceptors (Lipinski definition) is 5. The fourth-order valence-electron chi connectivity index (χ4n) is 2.39. The van der Waals surface area contributed by atoms with E-state index in [2.05, 4.69) is 10.1 Å². The number of benzene rings is 2. The van der Waals surface area contributed by atoms with Gasteiger partial charge < -0.3 is 14.8 Å². The number of carbonyl (C=O) groups excluding carboxylic acids is 2. The number of methoxy groups -OCH3 is 1. The van der Waals surface area contributed by atoms with Crippen molar-refractivity contribution in [3.8, 4) is 11.8 Å². The van der Waals surface area contributed by atoms with Crippen LogP contribution in [0.4, 0.5) is 0 Å². The maximum absolute atomic E-state index is 12.1. The highest BCUT2D eigenvalue weighted by atomic mass is 16.5. The fraction of sp³-hybridized carbons (Fsp3) is 0.227. The molecule has 0 saturated heterocycles. The van der Waals surface area contributed by atoms with Crippen molar-refractivity contribution in [2.75, 3.05) is 7.11 Å². The average molecular weight is 378 g/mol. The van der Waals surface area contributed by atoms with E-state index in [0.29, 0.717) is 16.9 Å². The van der Waals surface area contributed by atoms with Gasteiger partial charge >= 0.3 is 5.97 Å². The van der Waals surface area contributed by atoms with Gasteiger partial charge in [0.05, 0.1) is 12.7 Å². The lowest BCUT2D eigenvalue weighted by Gasteiger charge is -2.11. The Morgan fingerprint density at radius 2 is 1.82 bits per heavy atom. The van der Waals surface area contributed by atoms with Crippen LogP contribution in [-0.2, 0) is 16.1 Å². The number of rotatable bonds is 7. The summed E-state index contributed by atoms with van der Waals surface area (Å²) in [6.45, 7) is 3.93. The van der Waals surface area contributed by atoms with E-state index in [9.17, 15) is 14.9 Å². The zero-order chi connectivity index (χ0) is 20.5. The third-order valence-electron chi connectivity index (χ3n) is 3.77. The summed E-state index contributed by atoms with van der Waals surface area (Å²) >= 11 is 0. The molecule has 0 unspecified atom stereocenters. The van der Waals surface area contributed by atoms with Gasteiger partial charge in [0.2, 0.25) is 0 Å². The summed E-state index contributed by atoms with van der Waals surface area (Å²) < 4.78 is 10.5. The predicted octanol–water partition coefficient (Wildman–Crippen LogP) is 3.48. The van der Waals surface area contributed by atoms with Gasteiger partial charge in [0.25, 0.3) is 5.91 Å². The molecule has 28 heavy (non-hydrogen) atoms. The Labute approximate surface area is 164 Å². The highest BCUT2D eigenvalue weighted by molar-refractivity contribution is 6.02. The van der Waals surface area contributed by atoms with E-state index in [1.165, 1.54) is 13.2 Å². The van der Waals surface area contributed by atoms with Crippen LogP contribution in [0.1, 0.15) is 35.3 Å². The topological polar surface area (TPSA) is 88.4 Å². The lowest BCUT2D eigenvalue weighted by molar-refractivity contribution is -0.117. The van der Waals surface area contributed by atoms with E-state index in [1.807, 2.05) is 26.0 Å². The van der Waals surface area contributed by atoms with E-state index in [-0.39, 0.29) is 18.2 Å². The first kappa shape index (κ1) is 20.7. The number of nitrogens with one attached hydrogen (secondary N) is 1. The molecule has 2 aromatic rings. The summed E-state index contributed by atoms with van der Waals surface area (Å²) in [5, 5.41) is 12.0. The first-order valence-electron chi connectivity index (χ1n) is 8.76. The van der Waals surface area contributed by atoms with Gasteiger partial charge in [0.15, 0.2) is 0 Å². The number of nitrogens with zero attached hydrogens (tertiary/aromatic N) is 1. The van der Waals surface area contributed by atoms with Gasteiger partial charge in [-0.05, 0) is 43.7 Å². The van der Waals surface area contributed by atoms with Crippen LogP contribution in [0.25, 0.3) is 6.08 Å². The molecule has 0 aliphatic heterocycles. The van der Waals surface area contributed by atoms with Crippen LogP contribution < -0.4 is 10.1 Å². The number of ether oxygens (including phenoxy) is 2. The molecule has 1 N–H and O–H groups in total. The predicted molar refractivity (Wildman–Crippen MR) is 105 cm³/mol. The number of esters is 1. The molecule has 0 bridgehead atoms. The van der Waals surface area contributed by atoms with Crippen LogP contribution in [0, 0.1) is 11.3 Å². The summed E-state index contributed by atoms with van der Waals surface area (Å²) in [7, 11) is 1.33. The Hall–Kier alpha value is -3.59. The van der Waals surface area contributed by atoms with E-state index in [1.54, 1.807) is 42.5 Å². The van der Waals surface area contributed by atoms with Crippen LogP contribution in [0.5, 0.6) is 5.75 Å². The molecule has 144 valence electrons. The standard InChI is InChI=1S/C22H22N2O4/c1-15(2)24-21(25)19(13-23)12-18-6-4-5-7-20(18)28-14-16-8-10-17(11-9-16)22(26)27-3/h4-12,15H,14H2,1-3H3,(H,24,25)/b19-12+. The van der Waals surface area contributed by atoms with Gasteiger partial charge in [-0.2, -0.15) is 5.26 Å². The normalized spacial score (nSPS) is 10.9. The van der Waals surface area contributed by atoms with E-state index in [0.717, 1.165) is 5.56 Å². The van der Waals surface area contributed by atoms with Gasteiger partial charge in [-0.25, -0.2) is 4.79 Å². The Balaban J connectivity index is 2.15. The zero-order valence-electron chi connectivity index (χ0n) is 16.1. The molecule has 0 radical (unpaired) electrons. The Morgan fingerprint density at radius 3 is 2.43 bits per heavy atom. The van der Waals surface area contributed by atoms with E-state index >= 15 is 0 Å². The fourth-order valence-corrected chi connectivity index (χ4v) is 2.39. The molecule has 0 fully saturated rings. The molecule has 0 aliphatic carbocycles. The van der Waals surface area contributed by atoms with E-state index < -0.39 is 11.9 Å². The second-order valence-electron chi connectivity index (χ2n) is 6.31. The molecule has 0 atom stereocenters. The van der Waals surface area contributed by atoms with Gasteiger partial charge in [-0.1, -0.05) is 30.3 Å². The Bertz CT molecular complexity index is 909. The highest BCUT2D eigenvalue weighted by Crippen LogP contribution is 2.22. The first-order valence-corrected chi connectivity index (χ1v) is 8.76. The molecule has 6 heteroatoms. The molecular weight excluding hydrogens is 356 g/mol. The zero-order valence-corrected chi connectivity index (χ0v) is 16.1. The lowest BCUT2D eigenvalue weighted by atomic mass is 10.1. The number of hydrogen-bond donors (Lipinski definition) is 1. The molecular formula is C22H22N2O4. The quantitative estimate of drug-likeness (QED) is 0.453. The molecule has 1 amide bonds. The summed E-state index contributed by atoms with van der Waals surface area (Å²) in [4.78, 5) is 23.6. The molecule has 0 aliphatic rings. The van der Waals surface area contributed by atoms with Crippen molar-refractivity contribution in [2.45, 2.75) is 26.5 Å². The molecule has 0 saturated carbocycles. The SMILES string of the molecule is COC(=O)c1ccc(COc2ccccc2/C=C(\C#N)C(=O)NC(C)C)cc1. The lowest BCUT2D eigenvalue weighted by Crippen LogP contribution is -2.30. The Kier molecular flexibility index (Phi) is 7.35. The molecule has 2 rings (SSSR count). The number of nitriles is 1. The minimum absolute atomic E-state index is 0.00665. The smallest absolute Gasteiger partial charge is 0.337 e. The van der Waals surface area contributed by atoms with Gasteiger partial charge in [0, 0.05) is 11.6 Å². The van der Waals surface area contributed by atoms with Crippen LogP contribution in [-0.4, -0.2) is 25.0 Å². The summed E-state index contributed by atoms with van der Waals surface area (Å²) in [5.74, 6) is -0.276. The third-order valence-corrected chi connectivity index (χ3v) is 3.77. The summed E-state index contributed by atoms with van der Waals surface area (Å²) in [5.41, 5.74) is 1.96. The monoisotopic (exact) mass is 378 g/mol. The van der Waals surface area contributed by atoms with Gasteiger partial charge in [-0.3, -0.25) is 4.79 Å². The maximum Gasteiger partial charge on any atom is 0.337 e. The van der Waals surface area contributed by atoms with Crippen molar-refractivity contribution >= 4 is 18.0 Å². The van der Waals surface area contributed by atoms with Crippen molar-refractivity contribution in [3.05, 3.63) is 70.8 Å². The van der Waals surface area contributed by atoms with Gasteiger partial charge in [-0.15, -0.1) is 0 Å². The summed E-state index contributed by atoms with van der Waals surface area (Å²) in [6.07, 6.45) is 1.51. The molecule has 0 aromatic heterocycles. The summed E-state index contributed by atoms with van der Waals surface area (Å²) in [6, 6.07) is 15.9. The van der Waals surface area contributed by atoms with Crippen LogP contribution in [0.2, 0.25) is 0 Å². The Morgan fingerprint density at radius 1 is 1.14 bits per heavy atom. The minimum atomic E-state index is -0.425. The van der Waals surface area contributed by atoms with Crippen molar-refractivity contribution in [1.82, 2.24) is 5.32 Å². The molecule has 0 heterocycles. The second-order valence-corrected chi connectivity index (χ2v) is 6.31. The van der Waals surface area contributed by atoms with E-state index in [4.69, 9.17) is 4.74 Å². The largest absolute Gasteiger partial charge is 0.488 e. The van der Waals surface area contributed by atoms with Gasteiger partial charge in [0.1, 0.15) is 24.0 Å². The number of amides is 1. The number of para-hydroxylation sites is 1. The highest BCUT2D eigenvalue weighted by Gasteiger charge is 2.12. The average Bonchev–Trinajstić information content (AvgIpc) is 2.70. The first-order chi connectivity index (χ1) is 13.4. The van der Waals surface area contributed by atoms with Crippen LogP contribution in [0.3, 0.4) is 0 Å². The maximum atomic E-state index is 12.1. The molecule has 6 nitrogen and oxygen atoms in total. The van der Waals surface area contributed by atoms with Crippen molar-refractivity contribution in [3.63, 3.8) is 0 Å².